The molecule has 0 atom stereocenters. The van der Waals surface area contributed by atoms with Crippen molar-refractivity contribution in [2.24, 2.45) is 16.6 Å². The first-order valence-electron chi connectivity index (χ1n) is 6.94. The van der Waals surface area contributed by atoms with Crippen molar-refractivity contribution < 1.29 is 4.79 Å². The highest BCUT2D eigenvalue weighted by Crippen LogP contribution is 2.08. The van der Waals surface area contributed by atoms with E-state index in [2.05, 4.69) is 15.2 Å². The lowest BCUT2D eigenvalue weighted by molar-refractivity contribution is -0.123. The number of guanidine groups is 1. The molecule has 0 aromatic heterocycles. The number of carbonyl (C=O) groups excluding carboxylic acids is 1. The van der Waals surface area contributed by atoms with Gasteiger partial charge in [-0.3, -0.25) is 9.79 Å². The van der Waals surface area contributed by atoms with Crippen molar-refractivity contribution in [3.63, 3.8) is 0 Å². The quantitative estimate of drug-likeness (QED) is 0.336. The summed E-state index contributed by atoms with van der Waals surface area (Å²) in [5.74, 6) is 0.714. The summed E-state index contributed by atoms with van der Waals surface area (Å²) in [6, 6.07) is 0. The summed E-state index contributed by atoms with van der Waals surface area (Å²) in [6.45, 7) is 6.89. The largest absolute Gasteiger partial charge is 0.370 e. The van der Waals surface area contributed by atoms with Gasteiger partial charge in [0.25, 0.3) is 0 Å². The van der Waals surface area contributed by atoms with E-state index in [9.17, 15) is 4.79 Å². The number of hydrogen-bond donors (Lipinski definition) is 2. The molecule has 1 fully saturated rings. The Kier molecular flexibility index (Phi) is 9.99. The monoisotopic (exact) mass is 382 g/mol. The summed E-state index contributed by atoms with van der Waals surface area (Å²) in [7, 11) is 0. The fourth-order valence-electron chi connectivity index (χ4n) is 1.95. The van der Waals surface area contributed by atoms with Crippen LogP contribution in [0.25, 0.3) is 0 Å². The average Bonchev–Trinajstić information content (AvgIpc) is 2.62. The van der Waals surface area contributed by atoms with Crippen LogP contribution in [0.2, 0.25) is 0 Å². The van der Waals surface area contributed by atoms with Crippen LogP contribution in [-0.4, -0.2) is 42.9 Å². The fourth-order valence-corrected chi connectivity index (χ4v) is 1.95. The predicted molar refractivity (Wildman–Crippen MR) is 89.8 cm³/mol. The van der Waals surface area contributed by atoms with Gasteiger partial charge in [-0.1, -0.05) is 26.7 Å². The van der Waals surface area contributed by atoms with Gasteiger partial charge in [0.1, 0.15) is 0 Å². The summed E-state index contributed by atoms with van der Waals surface area (Å²) in [5, 5.41) is 2.83. The normalized spacial score (nSPS) is 16.8. The summed E-state index contributed by atoms with van der Waals surface area (Å²) in [5.41, 5.74) is 5.96. The maximum atomic E-state index is 11.3. The molecule has 3 N–H and O–H groups in total. The number of aliphatic imine (C=N–C) groups is 1. The van der Waals surface area contributed by atoms with Gasteiger partial charge in [-0.05, 0) is 12.8 Å². The first-order chi connectivity index (χ1) is 8.61. The van der Waals surface area contributed by atoms with E-state index < -0.39 is 0 Å². The van der Waals surface area contributed by atoms with Crippen molar-refractivity contribution in [2.75, 3.05) is 26.2 Å². The number of rotatable bonds is 4. The third-order valence-electron chi connectivity index (χ3n) is 3.14. The van der Waals surface area contributed by atoms with Crippen LogP contribution in [0, 0.1) is 5.92 Å². The Balaban J connectivity index is 0.00000324. The molecule has 0 radical (unpaired) electrons. The van der Waals surface area contributed by atoms with Gasteiger partial charge in [0.2, 0.25) is 5.91 Å². The second-order valence-electron chi connectivity index (χ2n) is 5.09. The Morgan fingerprint density at radius 3 is 2.37 bits per heavy atom. The van der Waals surface area contributed by atoms with Crippen LogP contribution in [-0.2, 0) is 4.79 Å². The molecule has 0 aromatic carbocycles. The van der Waals surface area contributed by atoms with E-state index in [0.717, 1.165) is 13.1 Å². The van der Waals surface area contributed by atoms with Crippen molar-refractivity contribution in [2.45, 2.75) is 39.5 Å². The van der Waals surface area contributed by atoms with Crippen molar-refractivity contribution in [3.05, 3.63) is 0 Å². The molecule has 1 aliphatic rings. The number of hydrogen-bond acceptors (Lipinski definition) is 2. The van der Waals surface area contributed by atoms with Crippen LogP contribution in [0.4, 0.5) is 0 Å². The minimum atomic E-state index is 0. The molecule has 6 heteroatoms. The second-order valence-corrected chi connectivity index (χ2v) is 5.09. The van der Waals surface area contributed by atoms with Crippen LogP contribution in [0.15, 0.2) is 4.99 Å². The molecule has 0 unspecified atom stereocenters. The Bertz CT molecular complexity index is 286. The highest BCUT2D eigenvalue weighted by molar-refractivity contribution is 14.0. The van der Waals surface area contributed by atoms with Crippen LogP contribution >= 0.6 is 24.0 Å². The molecule has 1 heterocycles. The summed E-state index contributed by atoms with van der Waals surface area (Å²) in [6.07, 6.45) is 4.96. The molecule has 112 valence electrons. The molecule has 1 amide bonds. The number of likely N-dealkylation sites (tertiary alicyclic amines) is 1. The predicted octanol–water partition coefficient (Wildman–Crippen LogP) is 1.57. The van der Waals surface area contributed by atoms with Crippen LogP contribution in [0.5, 0.6) is 0 Å². The third-order valence-corrected chi connectivity index (χ3v) is 3.14. The zero-order valence-corrected chi connectivity index (χ0v) is 14.4. The molecule has 0 aliphatic carbocycles. The standard InChI is InChI=1S/C13H26N4O.HI/c1-11(2)12(18)15-7-8-16-13(14)17-9-5-3-4-6-10-17;/h11H,3-10H2,1-2H3,(H2,14,16)(H,15,18);1H. The molecular formula is C13H27IN4O. The lowest BCUT2D eigenvalue weighted by Crippen LogP contribution is -2.38. The molecule has 0 spiro atoms. The zero-order valence-electron chi connectivity index (χ0n) is 12.0. The molecule has 0 aromatic rings. The van der Waals surface area contributed by atoms with Gasteiger partial charge in [0.15, 0.2) is 5.96 Å². The number of nitrogens with one attached hydrogen (secondary N) is 1. The molecule has 19 heavy (non-hydrogen) atoms. The minimum absolute atomic E-state index is 0. The molecule has 0 bridgehead atoms. The van der Waals surface area contributed by atoms with Gasteiger partial charge < -0.3 is 16.0 Å². The zero-order chi connectivity index (χ0) is 13.4. The lowest BCUT2D eigenvalue weighted by Gasteiger charge is -2.21. The SMILES string of the molecule is CC(C)C(=O)NCCN=C(N)N1CCCCCC1.I. The highest BCUT2D eigenvalue weighted by Gasteiger charge is 2.10. The van der Waals surface area contributed by atoms with Gasteiger partial charge in [0, 0.05) is 25.6 Å². The van der Waals surface area contributed by atoms with E-state index in [0.29, 0.717) is 19.0 Å². The second kappa shape index (κ2) is 10.3. The van der Waals surface area contributed by atoms with E-state index >= 15 is 0 Å². The minimum Gasteiger partial charge on any atom is -0.370 e. The molecule has 1 rings (SSSR count). The number of carbonyl (C=O) groups is 1. The number of nitrogens with zero attached hydrogens (tertiary/aromatic N) is 2. The lowest BCUT2D eigenvalue weighted by atomic mass is 10.2. The van der Waals surface area contributed by atoms with Crippen LogP contribution in [0.1, 0.15) is 39.5 Å². The van der Waals surface area contributed by atoms with Crippen molar-refractivity contribution in [1.82, 2.24) is 10.2 Å². The van der Waals surface area contributed by atoms with Gasteiger partial charge in [-0.25, -0.2) is 0 Å². The first kappa shape index (κ1) is 18.5. The number of nitrogens with two attached hydrogens (primary N) is 1. The smallest absolute Gasteiger partial charge is 0.222 e. The maximum Gasteiger partial charge on any atom is 0.222 e. The van der Waals surface area contributed by atoms with E-state index in [1.54, 1.807) is 0 Å². The molecular weight excluding hydrogens is 355 g/mol. The first-order valence-corrected chi connectivity index (χ1v) is 6.94. The van der Waals surface area contributed by atoms with Gasteiger partial charge >= 0.3 is 0 Å². The van der Waals surface area contributed by atoms with E-state index in [1.165, 1.54) is 25.7 Å². The fraction of sp³-hybridized carbons (Fsp3) is 0.846. The average molecular weight is 382 g/mol. The van der Waals surface area contributed by atoms with E-state index in [4.69, 9.17) is 5.73 Å². The topological polar surface area (TPSA) is 70.7 Å². The van der Waals surface area contributed by atoms with Crippen LogP contribution < -0.4 is 11.1 Å². The van der Waals surface area contributed by atoms with E-state index in [-0.39, 0.29) is 35.8 Å². The molecule has 0 saturated carbocycles. The summed E-state index contributed by atoms with van der Waals surface area (Å²) in [4.78, 5) is 17.8. The Hall–Kier alpha value is -0.530. The molecule has 1 aliphatic heterocycles. The maximum absolute atomic E-state index is 11.3. The Morgan fingerprint density at radius 2 is 1.84 bits per heavy atom. The molecule has 1 saturated heterocycles. The van der Waals surface area contributed by atoms with E-state index in [1.807, 2.05) is 13.8 Å². The van der Waals surface area contributed by atoms with Crippen molar-refractivity contribution >= 4 is 35.8 Å². The summed E-state index contributed by atoms with van der Waals surface area (Å²) < 4.78 is 0. The number of halogens is 1. The Labute approximate surface area is 133 Å². The highest BCUT2D eigenvalue weighted by atomic mass is 127. The van der Waals surface area contributed by atoms with Crippen LogP contribution in [0.3, 0.4) is 0 Å². The third kappa shape index (κ3) is 7.59. The summed E-state index contributed by atoms with van der Waals surface area (Å²) >= 11 is 0. The van der Waals surface area contributed by atoms with Gasteiger partial charge in [0.05, 0.1) is 6.54 Å². The molecule has 5 nitrogen and oxygen atoms in total. The Morgan fingerprint density at radius 1 is 1.26 bits per heavy atom. The van der Waals surface area contributed by atoms with Crippen molar-refractivity contribution in [1.29, 1.82) is 0 Å². The van der Waals surface area contributed by atoms with Gasteiger partial charge in [-0.2, -0.15) is 0 Å². The van der Waals surface area contributed by atoms with Gasteiger partial charge in [-0.15, -0.1) is 24.0 Å². The number of amides is 1. The van der Waals surface area contributed by atoms with Crippen molar-refractivity contribution in [3.8, 4) is 0 Å².